The minimum absolute atomic E-state index is 0.110. The van der Waals surface area contributed by atoms with E-state index < -0.39 is 11.8 Å². The Labute approximate surface area is 138 Å². The van der Waals surface area contributed by atoms with Crippen molar-refractivity contribution < 1.29 is 14.3 Å². The molecule has 0 aliphatic carbocycles. The molecule has 0 spiro atoms. The summed E-state index contributed by atoms with van der Waals surface area (Å²) in [6.45, 7) is 6.15. The van der Waals surface area contributed by atoms with E-state index in [0.717, 1.165) is 10.9 Å². The van der Waals surface area contributed by atoms with Gasteiger partial charge in [-0.1, -0.05) is 22.9 Å². The molecular weight excluding hydrogens is 350 g/mol. The first-order chi connectivity index (χ1) is 10.4. The second-order valence-corrected chi connectivity index (χ2v) is 5.77. The number of carbonyl (C=O) groups excluding carboxylic acids is 2. The lowest BCUT2D eigenvalue weighted by atomic mass is 10.2. The molecular formula is C15H20BrN3O3. The number of amides is 2. The zero-order chi connectivity index (χ0) is 16.5. The summed E-state index contributed by atoms with van der Waals surface area (Å²) in [4.78, 5) is 22.9. The number of hydrogen-bond acceptors (Lipinski definition) is 4. The van der Waals surface area contributed by atoms with Crippen molar-refractivity contribution in [2.24, 2.45) is 5.10 Å². The van der Waals surface area contributed by atoms with E-state index in [4.69, 9.17) is 4.74 Å². The lowest BCUT2D eigenvalue weighted by Gasteiger charge is -2.08. The van der Waals surface area contributed by atoms with E-state index in [1.165, 1.54) is 6.21 Å². The van der Waals surface area contributed by atoms with Gasteiger partial charge in [0.05, 0.1) is 12.8 Å². The van der Waals surface area contributed by atoms with Gasteiger partial charge in [0.15, 0.2) is 0 Å². The summed E-state index contributed by atoms with van der Waals surface area (Å²) in [6, 6.07) is 5.38. The third kappa shape index (κ3) is 6.26. The number of nitrogens with zero attached hydrogens (tertiary/aromatic N) is 1. The first-order valence-electron chi connectivity index (χ1n) is 7.00. The number of halogens is 1. The Morgan fingerprint density at radius 2 is 2.09 bits per heavy atom. The minimum Gasteiger partial charge on any atom is -0.493 e. The van der Waals surface area contributed by atoms with Crippen molar-refractivity contribution in [3.05, 3.63) is 28.2 Å². The third-order valence-electron chi connectivity index (χ3n) is 2.43. The molecule has 0 unspecified atom stereocenters. The Hall–Kier alpha value is -1.89. The highest BCUT2D eigenvalue weighted by atomic mass is 79.9. The fraction of sp³-hybridized carbons (Fsp3) is 0.400. The fourth-order valence-electron chi connectivity index (χ4n) is 1.50. The zero-order valence-electron chi connectivity index (χ0n) is 12.9. The Balaban J connectivity index is 2.71. The highest BCUT2D eigenvalue weighted by Gasteiger charge is 2.13. The van der Waals surface area contributed by atoms with Gasteiger partial charge in [-0.05, 0) is 38.5 Å². The topological polar surface area (TPSA) is 79.8 Å². The van der Waals surface area contributed by atoms with Gasteiger partial charge in [0, 0.05) is 16.1 Å². The molecule has 120 valence electrons. The number of hydrazone groups is 1. The van der Waals surface area contributed by atoms with Gasteiger partial charge < -0.3 is 10.1 Å². The molecule has 0 aliphatic heterocycles. The summed E-state index contributed by atoms with van der Waals surface area (Å²) in [5, 5.41) is 6.28. The van der Waals surface area contributed by atoms with Crippen molar-refractivity contribution in [3.63, 3.8) is 0 Å². The van der Waals surface area contributed by atoms with Gasteiger partial charge >= 0.3 is 11.8 Å². The lowest BCUT2D eigenvalue weighted by molar-refractivity contribution is -0.139. The van der Waals surface area contributed by atoms with Crippen LogP contribution in [0.4, 0.5) is 0 Å². The van der Waals surface area contributed by atoms with Crippen LogP contribution in [0.2, 0.25) is 0 Å². The third-order valence-corrected chi connectivity index (χ3v) is 2.92. The molecule has 0 bridgehead atoms. The van der Waals surface area contributed by atoms with Crippen LogP contribution in [0.15, 0.2) is 27.8 Å². The van der Waals surface area contributed by atoms with Crippen molar-refractivity contribution in [1.29, 1.82) is 0 Å². The standard InChI is InChI=1S/C15H20BrN3O3/c1-4-7-22-13-6-5-12(16)8-11(13)9-17-19-15(21)14(20)18-10(2)3/h5-6,8-10H,4,7H2,1-3H3,(H,18,20)(H,19,21)/b17-9-. The molecule has 0 radical (unpaired) electrons. The van der Waals surface area contributed by atoms with Crippen LogP contribution in [0.1, 0.15) is 32.8 Å². The maximum atomic E-state index is 11.5. The minimum atomic E-state index is -0.809. The summed E-state index contributed by atoms with van der Waals surface area (Å²) < 4.78 is 6.46. The molecule has 1 rings (SSSR count). The van der Waals surface area contributed by atoms with Gasteiger partial charge in [-0.25, -0.2) is 5.43 Å². The highest BCUT2D eigenvalue weighted by Crippen LogP contribution is 2.21. The Morgan fingerprint density at radius 3 is 2.73 bits per heavy atom. The number of hydrogen-bond donors (Lipinski definition) is 2. The van der Waals surface area contributed by atoms with Crippen LogP contribution in [0.5, 0.6) is 5.75 Å². The van der Waals surface area contributed by atoms with Gasteiger partial charge in [0.1, 0.15) is 5.75 Å². The molecule has 2 N–H and O–H groups in total. The number of rotatable bonds is 6. The predicted molar refractivity (Wildman–Crippen MR) is 88.9 cm³/mol. The number of benzene rings is 1. The maximum Gasteiger partial charge on any atom is 0.329 e. The van der Waals surface area contributed by atoms with Crippen LogP contribution < -0.4 is 15.5 Å². The van der Waals surface area contributed by atoms with Gasteiger partial charge in [-0.2, -0.15) is 5.10 Å². The van der Waals surface area contributed by atoms with Gasteiger partial charge in [0.2, 0.25) is 0 Å². The largest absolute Gasteiger partial charge is 0.493 e. The summed E-state index contributed by atoms with van der Waals surface area (Å²) >= 11 is 3.37. The lowest BCUT2D eigenvalue weighted by Crippen LogP contribution is -2.41. The van der Waals surface area contributed by atoms with Crippen LogP contribution in [0.25, 0.3) is 0 Å². The van der Waals surface area contributed by atoms with Gasteiger partial charge in [0.25, 0.3) is 0 Å². The molecule has 0 saturated heterocycles. The highest BCUT2D eigenvalue weighted by molar-refractivity contribution is 9.10. The quantitative estimate of drug-likeness (QED) is 0.458. The maximum absolute atomic E-state index is 11.5. The number of carbonyl (C=O) groups is 2. The van der Waals surface area contributed by atoms with Gasteiger partial charge in [-0.15, -0.1) is 0 Å². The van der Waals surface area contributed by atoms with Crippen molar-refractivity contribution in [2.75, 3.05) is 6.61 Å². The fourth-order valence-corrected chi connectivity index (χ4v) is 1.88. The van der Waals surface area contributed by atoms with Crippen molar-refractivity contribution in [3.8, 4) is 5.75 Å². The van der Waals surface area contributed by atoms with E-state index in [1.807, 2.05) is 25.1 Å². The molecule has 0 saturated carbocycles. The molecule has 22 heavy (non-hydrogen) atoms. The van der Waals surface area contributed by atoms with E-state index in [1.54, 1.807) is 13.8 Å². The molecule has 0 aliphatic rings. The van der Waals surface area contributed by atoms with Crippen LogP contribution >= 0.6 is 15.9 Å². The predicted octanol–water partition coefficient (Wildman–Crippen LogP) is 2.21. The van der Waals surface area contributed by atoms with E-state index in [0.29, 0.717) is 17.9 Å². The number of nitrogens with one attached hydrogen (secondary N) is 2. The van der Waals surface area contributed by atoms with Crippen LogP contribution in [-0.2, 0) is 9.59 Å². The smallest absolute Gasteiger partial charge is 0.329 e. The summed E-state index contributed by atoms with van der Waals surface area (Å²) in [7, 11) is 0. The zero-order valence-corrected chi connectivity index (χ0v) is 14.4. The van der Waals surface area contributed by atoms with E-state index in [-0.39, 0.29) is 6.04 Å². The second-order valence-electron chi connectivity index (χ2n) is 4.86. The second kappa shape index (κ2) is 9.19. The molecule has 1 aromatic rings. The molecule has 0 aromatic heterocycles. The summed E-state index contributed by atoms with van der Waals surface area (Å²) in [5.74, 6) is -0.866. The molecule has 2 amide bonds. The van der Waals surface area contributed by atoms with Crippen molar-refractivity contribution in [1.82, 2.24) is 10.7 Å². The SMILES string of the molecule is CCCOc1ccc(Br)cc1/C=N\NC(=O)C(=O)NC(C)C. The average Bonchev–Trinajstić information content (AvgIpc) is 2.45. The van der Waals surface area contributed by atoms with E-state index in [2.05, 4.69) is 31.8 Å². The first-order valence-corrected chi connectivity index (χ1v) is 7.79. The van der Waals surface area contributed by atoms with E-state index in [9.17, 15) is 9.59 Å². The van der Waals surface area contributed by atoms with Crippen molar-refractivity contribution in [2.45, 2.75) is 33.2 Å². The van der Waals surface area contributed by atoms with Gasteiger partial charge in [-0.3, -0.25) is 9.59 Å². The normalized spacial score (nSPS) is 10.8. The molecule has 6 nitrogen and oxygen atoms in total. The van der Waals surface area contributed by atoms with Crippen LogP contribution in [0.3, 0.4) is 0 Å². The Kier molecular flexibility index (Phi) is 7.59. The summed E-state index contributed by atoms with van der Waals surface area (Å²) in [5.41, 5.74) is 2.89. The number of ether oxygens (including phenoxy) is 1. The first kappa shape index (κ1) is 18.2. The molecule has 7 heteroatoms. The molecule has 0 atom stereocenters. The van der Waals surface area contributed by atoms with Crippen molar-refractivity contribution >= 4 is 34.0 Å². The monoisotopic (exact) mass is 369 g/mol. The Bertz CT molecular complexity index is 559. The molecule has 0 heterocycles. The Morgan fingerprint density at radius 1 is 1.36 bits per heavy atom. The van der Waals surface area contributed by atoms with E-state index >= 15 is 0 Å². The van der Waals surface area contributed by atoms with Crippen LogP contribution in [0, 0.1) is 0 Å². The molecule has 1 aromatic carbocycles. The molecule has 0 fully saturated rings. The summed E-state index contributed by atoms with van der Waals surface area (Å²) in [6.07, 6.45) is 2.33. The average molecular weight is 370 g/mol. The van der Waals surface area contributed by atoms with Crippen LogP contribution in [-0.4, -0.2) is 30.7 Å².